The summed E-state index contributed by atoms with van der Waals surface area (Å²) in [4.78, 5) is 38.9. The van der Waals surface area contributed by atoms with Gasteiger partial charge in [0.1, 0.15) is 10.7 Å². The lowest BCUT2D eigenvalue weighted by Crippen LogP contribution is -2.46. The van der Waals surface area contributed by atoms with Crippen LogP contribution in [0, 0.1) is 0 Å². The van der Waals surface area contributed by atoms with Crippen LogP contribution in [0.3, 0.4) is 0 Å². The summed E-state index contributed by atoms with van der Waals surface area (Å²) in [5, 5.41) is 14.7. The molecule has 7 rings (SSSR count). The Kier molecular flexibility index (Phi) is 6.84. The zero-order valence-electron chi connectivity index (χ0n) is 24.5. The lowest BCUT2D eigenvalue weighted by molar-refractivity contribution is -0.114. The number of carbonyl (C=O) groups is 2. The number of amides is 2. The number of anilines is 2. The Morgan fingerprint density at radius 2 is 1.73 bits per heavy atom. The number of nitrogens with one attached hydrogen (secondary N) is 2. The molecule has 0 aliphatic carbocycles. The van der Waals surface area contributed by atoms with Crippen LogP contribution in [0.1, 0.15) is 54.8 Å². The van der Waals surface area contributed by atoms with Crippen LogP contribution in [0.2, 0.25) is 0 Å². The molecule has 0 saturated carbocycles. The van der Waals surface area contributed by atoms with E-state index in [-0.39, 0.29) is 52.3 Å². The summed E-state index contributed by atoms with van der Waals surface area (Å²) in [5.41, 5.74) is 10.6. The van der Waals surface area contributed by atoms with Gasteiger partial charge in [-0.25, -0.2) is 13.4 Å². The third-order valence-electron chi connectivity index (χ3n) is 8.52. The van der Waals surface area contributed by atoms with Crippen LogP contribution < -0.4 is 11.1 Å². The van der Waals surface area contributed by atoms with Crippen LogP contribution in [-0.2, 0) is 14.6 Å². The van der Waals surface area contributed by atoms with Crippen molar-refractivity contribution in [3.63, 3.8) is 0 Å². The first kappa shape index (κ1) is 28.6. The van der Waals surface area contributed by atoms with E-state index in [9.17, 15) is 18.0 Å². The molecular weight excluding hydrogens is 596 g/mol. The fourth-order valence-electron chi connectivity index (χ4n) is 6.65. The average molecular weight is 627 g/mol. The van der Waals surface area contributed by atoms with Crippen molar-refractivity contribution in [1.29, 1.82) is 0 Å². The van der Waals surface area contributed by atoms with E-state index >= 15 is 0 Å². The van der Waals surface area contributed by atoms with Crippen LogP contribution in [0.5, 0.6) is 0 Å². The van der Waals surface area contributed by atoms with Crippen molar-refractivity contribution in [3.8, 4) is 22.4 Å². The molecule has 4 aromatic heterocycles. The maximum absolute atomic E-state index is 13.5. The van der Waals surface area contributed by atoms with Gasteiger partial charge in [0.05, 0.1) is 17.6 Å². The van der Waals surface area contributed by atoms with Crippen molar-refractivity contribution < 1.29 is 18.0 Å². The van der Waals surface area contributed by atoms with E-state index in [0.29, 0.717) is 29.7 Å². The Hall–Kier alpha value is -5.18. The van der Waals surface area contributed by atoms with Gasteiger partial charge in [0.2, 0.25) is 17.7 Å². The quantitative estimate of drug-likeness (QED) is 0.252. The number of H-pyrrole nitrogens is 1. The van der Waals surface area contributed by atoms with E-state index in [2.05, 4.69) is 30.6 Å². The second kappa shape index (κ2) is 10.8. The molecule has 14 nitrogen and oxygen atoms in total. The molecule has 5 aromatic rings. The lowest BCUT2D eigenvalue weighted by Gasteiger charge is -2.38. The summed E-state index contributed by atoms with van der Waals surface area (Å²) in [6.45, 7) is 1.34. The number of rotatable bonds is 6. The third-order valence-corrected chi connectivity index (χ3v) is 9.68. The van der Waals surface area contributed by atoms with Gasteiger partial charge in [-0.05, 0) is 31.7 Å². The fraction of sp³-hybridized carbons (Fsp3) is 0.300. The molecule has 15 heteroatoms. The van der Waals surface area contributed by atoms with Crippen molar-refractivity contribution in [2.45, 2.75) is 55.5 Å². The monoisotopic (exact) mass is 626 g/mol. The van der Waals surface area contributed by atoms with Gasteiger partial charge >= 0.3 is 0 Å². The number of nitrogens with zero attached hydrogens (tertiary/aromatic N) is 7. The van der Waals surface area contributed by atoms with Gasteiger partial charge in [-0.3, -0.25) is 19.9 Å². The first-order valence-corrected chi connectivity index (χ1v) is 16.4. The lowest BCUT2D eigenvalue weighted by atomic mass is 9.87. The third kappa shape index (κ3) is 5.08. The molecule has 230 valence electrons. The van der Waals surface area contributed by atoms with Crippen LogP contribution >= 0.6 is 0 Å². The van der Waals surface area contributed by atoms with Gasteiger partial charge in [-0.2, -0.15) is 9.61 Å². The number of pyridine rings is 1. The number of carbonyl (C=O) groups excluding carboxylic acids is 2. The Morgan fingerprint density at radius 3 is 2.38 bits per heavy atom. The van der Waals surface area contributed by atoms with Gasteiger partial charge < -0.3 is 15.6 Å². The summed E-state index contributed by atoms with van der Waals surface area (Å²) in [7, 11) is -3.79. The molecule has 4 N–H and O–H groups in total. The van der Waals surface area contributed by atoms with Crippen LogP contribution in [0.15, 0.2) is 59.8 Å². The summed E-state index contributed by atoms with van der Waals surface area (Å²) in [6, 6.07) is 13.3. The molecule has 6 heterocycles. The van der Waals surface area contributed by atoms with Gasteiger partial charge in [-0.1, -0.05) is 36.4 Å². The first-order chi connectivity index (χ1) is 21.6. The zero-order chi connectivity index (χ0) is 31.5. The fourth-order valence-corrected chi connectivity index (χ4v) is 7.71. The molecule has 2 bridgehead atoms. The van der Waals surface area contributed by atoms with Gasteiger partial charge in [0.15, 0.2) is 15.5 Å². The number of hydrogen-bond donors (Lipinski definition) is 3. The Morgan fingerprint density at radius 1 is 1.00 bits per heavy atom. The highest BCUT2D eigenvalue weighted by Crippen LogP contribution is 2.45. The van der Waals surface area contributed by atoms with Crippen molar-refractivity contribution in [2.24, 2.45) is 0 Å². The van der Waals surface area contributed by atoms with Crippen LogP contribution in [0.4, 0.5) is 11.8 Å². The number of nitrogen functional groups attached to an aromatic ring is 1. The number of aromatic amines is 1. The van der Waals surface area contributed by atoms with Gasteiger partial charge in [0.25, 0.3) is 5.91 Å². The molecule has 2 saturated heterocycles. The molecule has 2 aliphatic rings. The molecule has 45 heavy (non-hydrogen) atoms. The maximum atomic E-state index is 13.5. The van der Waals surface area contributed by atoms with Crippen molar-refractivity contribution in [1.82, 2.24) is 39.7 Å². The molecular formula is C30H30N10O4S. The molecule has 1 aromatic carbocycles. The molecule has 2 aliphatic heterocycles. The topological polar surface area (TPSA) is 194 Å². The molecule has 3 atom stereocenters. The van der Waals surface area contributed by atoms with Crippen molar-refractivity contribution >= 4 is 39.1 Å². The number of aromatic nitrogens is 7. The largest absolute Gasteiger partial charge is 0.382 e. The SMILES string of the molecule is CC(=O)Nc1nnc(C(=O)N2[C@@H]3CC[C@H]2C[C@@H](c2nc4c(-c5ccc(-c6ccccc6)nc5)cnn4c(N)c2S(C)(=O)=O)C3)[nH]1. The highest BCUT2D eigenvalue weighted by Gasteiger charge is 2.46. The molecule has 0 unspecified atom stereocenters. The average Bonchev–Trinajstić information content (AvgIpc) is 3.72. The minimum absolute atomic E-state index is 0.00405. The normalized spacial score (nSPS) is 19.6. The second-order valence-electron chi connectivity index (χ2n) is 11.5. The molecule has 0 radical (unpaired) electrons. The number of fused-ring (bicyclic) bond motifs is 3. The van der Waals surface area contributed by atoms with E-state index in [1.54, 1.807) is 17.3 Å². The predicted molar refractivity (Wildman–Crippen MR) is 165 cm³/mol. The molecule has 2 amide bonds. The Balaban J connectivity index is 1.23. The highest BCUT2D eigenvalue weighted by atomic mass is 32.2. The van der Waals surface area contributed by atoms with Crippen molar-refractivity contribution in [3.05, 3.63) is 66.4 Å². The highest BCUT2D eigenvalue weighted by molar-refractivity contribution is 7.91. The predicted octanol–water partition coefficient (Wildman–Crippen LogP) is 3.07. The summed E-state index contributed by atoms with van der Waals surface area (Å²) >= 11 is 0. The number of sulfone groups is 1. The smallest absolute Gasteiger partial charge is 0.292 e. The number of piperidine rings is 1. The minimum Gasteiger partial charge on any atom is -0.382 e. The first-order valence-electron chi connectivity index (χ1n) is 14.5. The number of hydrogen-bond acceptors (Lipinski definition) is 10. The minimum atomic E-state index is -3.79. The van der Waals surface area contributed by atoms with E-state index in [1.165, 1.54) is 11.4 Å². The molecule has 2 fully saturated rings. The zero-order valence-corrected chi connectivity index (χ0v) is 25.3. The standard InChI is InChI=1S/C30H30N10O4S/c1-16(41)34-30-36-27(37-38-30)29(42)39-20-9-10-21(39)13-19(12-20)24-25(45(2,43)44)26(31)40-28(35-24)22(15-33-40)18-8-11-23(32-14-18)17-6-4-3-5-7-17/h3-8,11,14-15,19-21H,9-10,12-13,31H2,1-2H3,(H2,34,36,37,38,41)/t19-,20+,21-. The Labute approximate surface area is 258 Å². The Bertz CT molecular complexity index is 2040. The van der Waals surface area contributed by atoms with Gasteiger partial charge in [-0.15, -0.1) is 10.2 Å². The second-order valence-corrected chi connectivity index (χ2v) is 13.5. The van der Waals surface area contributed by atoms with E-state index < -0.39 is 9.84 Å². The number of nitrogens with two attached hydrogens (primary N) is 1. The molecule has 0 spiro atoms. The van der Waals surface area contributed by atoms with Crippen molar-refractivity contribution in [2.75, 3.05) is 17.3 Å². The van der Waals surface area contributed by atoms with Gasteiger partial charge in [0, 0.05) is 54.1 Å². The van der Waals surface area contributed by atoms with E-state index in [0.717, 1.165) is 35.9 Å². The van der Waals surface area contributed by atoms with E-state index in [4.69, 9.17) is 10.7 Å². The summed E-state index contributed by atoms with van der Waals surface area (Å²) in [5.74, 6) is -0.796. The van der Waals surface area contributed by atoms with E-state index in [1.807, 2.05) is 42.5 Å². The summed E-state index contributed by atoms with van der Waals surface area (Å²) in [6.07, 6.45) is 6.98. The number of benzene rings is 1. The van der Waals surface area contributed by atoms with Crippen LogP contribution in [-0.4, -0.2) is 78.2 Å². The maximum Gasteiger partial charge on any atom is 0.292 e. The van der Waals surface area contributed by atoms with Crippen LogP contribution in [0.25, 0.3) is 28.0 Å². The summed E-state index contributed by atoms with van der Waals surface area (Å²) < 4.78 is 27.6.